The van der Waals surface area contributed by atoms with Crippen molar-refractivity contribution in [1.82, 2.24) is 10.6 Å². The summed E-state index contributed by atoms with van der Waals surface area (Å²) in [4.78, 5) is 11.8. The minimum Gasteiger partial charge on any atom is -0.383 e. The van der Waals surface area contributed by atoms with E-state index >= 15 is 0 Å². The number of hydrogen-bond acceptors (Lipinski definition) is 4. The van der Waals surface area contributed by atoms with E-state index in [1.54, 1.807) is 7.11 Å². The van der Waals surface area contributed by atoms with Crippen LogP contribution in [0, 0.1) is 5.92 Å². The summed E-state index contributed by atoms with van der Waals surface area (Å²) >= 11 is 0. The molecule has 0 rings (SSSR count). The van der Waals surface area contributed by atoms with E-state index in [1.165, 1.54) is 0 Å². The number of nitrogens with one attached hydrogen (secondary N) is 2. The van der Waals surface area contributed by atoms with Crippen molar-refractivity contribution in [2.24, 2.45) is 5.92 Å². The van der Waals surface area contributed by atoms with Crippen LogP contribution in [0.3, 0.4) is 0 Å². The molecule has 1 amide bonds. The molecule has 0 saturated carbocycles. The summed E-state index contributed by atoms with van der Waals surface area (Å²) in [6.45, 7) is 10.5. The van der Waals surface area contributed by atoms with E-state index in [9.17, 15) is 4.79 Å². The number of rotatable bonds is 10. The highest BCUT2D eigenvalue weighted by atomic mass is 16.5. The summed E-state index contributed by atoms with van der Waals surface area (Å²) in [5.74, 6) is 0.417. The average Bonchev–Trinajstić information content (AvgIpc) is 2.33. The third-order valence-electron chi connectivity index (χ3n) is 2.77. The normalized spacial score (nSPS) is 14.6. The second-order valence-corrected chi connectivity index (χ2v) is 4.68. The summed E-state index contributed by atoms with van der Waals surface area (Å²) in [5, 5.41) is 6.12. The molecule has 0 aliphatic rings. The minimum absolute atomic E-state index is 0.00537. The maximum Gasteiger partial charge on any atom is 0.236 e. The maximum absolute atomic E-state index is 11.8. The molecule has 0 saturated heterocycles. The van der Waals surface area contributed by atoms with Crippen LogP contribution in [0.25, 0.3) is 0 Å². The quantitative estimate of drug-likeness (QED) is 0.570. The number of ether oxygens (including phenoxy) is 2. The molecule has 2 unspecified atom stereocenters. The predicted octanol–water partition coefficient (Wildman–Crippen LogP) is 0.788. The van der Waals surface area contributed by atoms with Crippen LogP contribution in [0.1, 0.15) is 27.7 Å². The Morgan fingerprint density at radius 3 is 2.44 bits per heavy atom. The lowest BCUT2D eigenvalue weighted by Gasteiger charge is -2.25. The second kappa shape index (κ2) is 10.3. The Kier molecular flexibility index (Phi) is 9.92. The Bertz CT molecular complexity index is 222. The minimum atomic E-state index is -0.227. The van der Waals surface area contributed by atoms with Gasteiger partial charge in [-0.25, -0.2) is 0 Å². The van der Waals surface area contributed by atoms with Gasteiger partial charge in [0.15, 0.2) is 0 Å². The molecule has 2 N–H and O–H groups in total. The molecule has 0 aliphatic heterocycles. The number of hydrogen-bond donors (Lipinski definition) is 2. The molecule has 0 bridgehead atoms. The molecule has 0 spiro atoms. The Balaban J connectivity index is 4.06. The van der Waals surface area contributed by atoms with Crippen LogP contribution < -0.4 is 10.6 Å². The van der Waals surface area contributed by atoms with Gasteiger partial charge in [0.05, 0.1) is 19.3 Å². The first-order valence-corrected chi connectivity index (χ1v) is 6.63. The number of amides is 1. The summed E-state index contributed by atoms with van der Waals surface area (Å²) in [6.07, 6.45) is 0. The van der Waals surface area contributed by atoms with Crippen molar-refractivity contribution in [3.63, 3.8) is 0 Å². The van der Waals surface area contributed by atoms with E-state index in [1.807, 2.05) is 13.8 Å². The lowest BCUT2D eigenvalue weighted by molar-refractivity contribution is -0.123. The Hall–Kier alpha value is -0.650. The van der Waals surface area contributed by atoms with E-state index in [4.69, 9.17) is 9.47 Å². The molecule has 2 atom stereocenters. The first kappa shape index (κ1) is 17.4. The van der Waals surface area contributed by atoms with Gasteiger partial charge in [-0.2, -0.15) is 0 Å². The average molecular weight is 260 g/mol. The topological polar surface area (TPSA) is 59.6 Å². The van der Waals surface area contributed by atoms with Gasteiger partial charge in [0.25, 0.3) is 0 Å². The molecule has 0 heterocycles. The number of carbonyl (C=O) groups excluding carboxylic acids is 1. The molecule has 5 nitrogen and oxygen atoms in total. The first-order valence-electron chi connectivity index (χ1n) is 6.63. The van der Waals surface area contributed by atoms with E-state index in [2.05, 4.69) is 24.5 Å². The molecular weight excluding hydrogens is 232 g/mol. The fourth-order valence-corrected chi connectivity index (χ4v) is 1.50. The summed E-state index contributed by atoms with van der Waals surface area (Å²) in [6, 6.07) is -0.0390. The monoisotopic (exact) mass is 260 g/mol. The van der Waals surface area contributed by atoms with Crippen LogP contribution in [-0.2, 0) is 14.3 Å². The molecule has 18 heavy (non-hydrogen) atoms. The summed E-state index contributed by atoms with van der Waals surface area (Å²) in [7, 11) is 1.62. The van der Waals surface area contributed by atoms with Gasteiger partial charge in [0.2, 0.25) is 5.91 Å². The Labute approximate surface area is 111 Å². The van der Waals surface area contributed by atoms with Crippen molar-refractivity contribution in [2.75, 3.05) is 33.5 Å². The molecule has 0 radical (unpaired) electrons. The highest BCUT2D eigenvalue weighted by Gasteiger charge is 2.19. The zero-order chi connectivity index (χ0) is 14.0. The van der Waals surface area contributed by atoms with Crippen molar-refractivity contribution >= 4 is 5.91 Å². The molecule has 0 aliphatic carbocycles. The smallest absolute Gasteiger partial charge is 0.236 e. The molecule has 108 valence electrons. The van der Waals surface area contributed by atoms with Crippen molar-refractivity contribution in [2.45, 2.75) is 39.8 Å². The highest BCUT2D eigenvalue weighted by Crippen LogP contribution is 2.03. The predicted molar refractivity (Wildman–Crippen MR) is 72.6 cm³/mol. The third kappa shape index (κ3) is 7.63. The van der Waals surface area contributed by atoms with Gasteiger partial charge in [-0.3, -0.25) is 4.79 Å². The largest absolute Gasteiger partial charge is 0.383 e. The van der Waals surface area contributed by atoms with E-state index in [0.717, 1.165) is 0 Å². The van der Waals surface area contributed by atoms with Crippen LogP contribution >= 0.6 is 0 Å². The zero-order valence-electron chi connectivity index (χ0n) is 12.3. The van der Waals surface area contributed by atoms with Crippen LogP contribution in [0.15, 0.2) is 0 Å². The van der Waals surface area contributed by atoms with Gasteiger partial charge >= 0.3 is 0 Å². The van der Waals surface area contributed by atoms with Crippen molar-refractivity contribution < 1.29 is 14.3 Å². The summed E-state index contributed by atoms with van der Waals surface area (Å²) in [5.41, 5.74) is 0. The van der Waals surface area contributed by atoms with Crippen molar-refractivity contribution in [1.29, 1.82) is 0 Å². The van der Waals surface area contributed by atoms with Gasteiger partial charge in [-0.15, -0.1) is 0 Å². The standard InChI is InChI=1S/C13H28N2O3/c1-6-18-9-12(10(2)3)15-11(4)13(16)14-7-8-17-5/h10-12,15H,6-9H2,1-5H3,(H,14,16). The first-order chi connectivity index (χ1) is 8.52. The fraction of sp³-hybridized carbons (Fsp3) is 0.923. The lowest BCUT2D eigenvalue weighted by atomic mass is 10.0. The van der Waals surface area contributed by atoms with Crippen molar-refractivity contribution in [3.8, 4) is 0 Å². The van der Waals surface area contributed by atoms with Gasteiger partial charge < -0.3 is 20.1 Å². The molecule has 0 fully saturated rings. The highest BCUT2D eigenvalue weighted by molar-refractivity contribution is 5.81. The molecule has 5 heteroatoms. The van der Waals surface area contributed by atoms with Gasteiger partial charge in [0, 0.05) is 26.3 Å². The number of carbonyl (C=O) groups is 1. The second-order valence-electron chi connectivity index (χ2n) is 4.68. The molecule has 0 aromatic rings. The van der Waals surface area contributed by atoms with Crippen molar-refractivity contribution in [3.05, 3.63) is 0 Å². The zero-order valence-corrected chi connectivity index (χ0v) is 12.3. The Morgan fingerprint density at radius 2 is 1.94 bits per heavy atom. The summed E-state index contributed by atoms with van der Waals surface area (Å²) < 4.78 is 10.3. The third-order valence-corrected chi connectivity index (χ3v) is 2.77. The van der Waals surface area contributed by atoms with E-state index in [0.29, 0.717) is 32.3 Å². The van der Waals surface area contributed by atoms with Crippen LogP contribution in [0.2, 0.25) is 0 Å². The van der Waals surface area contributed by atoms with E-state index < -0.39 is 0 Å². The lowest BCUT2D eigenvalue weighted by Crippen LogP contribution is -2.50. The molecule has 0 aromatic carbocycles. The van der Waals surface area contributed by atoms with Crippen LogP contribution in [0.5, 0.6) is 0 Å². The Morgan fingerprint density at radius 1 is 1.28 bits per heavy atom. The van der Waals surface area contributed by atoms with Gasteiger partial charge in [-0.05, 0) is 19.8 Å². The number of methoxy groups -OCH3 is 1. The van der Waals surface area contributed by atoms with Gasteiger partial charge in [-0.1, -0.05) is 13.8 Å². The van der Waals surface area contributed by atoms with Crippen LogP contribution in [0.4, 0.5) is 0 Å². The van der Waals surface area contributed by atoms with Crippen LogP contribution in [-0.4, -0.2) is 51.5 Å². The fourth-order valence-electron chi connectivity index (χ4n) is 1.50. The molecule has 0 aromatic heterocycles. The van der Waals surface area contributed by atoms with E-state index in [-0.39, 0.29) is 18.0 Å². The SMILES string of the molecule is CCOCC(NC(C)C(=O)NCCOC)C(C)C. The molecular formula is C13H28N2O3. The maximum atomic E-state index is 11.8. The van der Waals surface area contributed by atoms with Gasteiger partial charge in [0.1, 0.15) is 0 Å².